The van der Waals surface area contributed by atoms with E-state index in [1.807, 2.05) is 0 Å². The van der Waals surface area contributed by atoms with Crippen molar-refractivity contribution < 1.29 is 45.8 Å². The Morgan fingerprint density at radius 3 is 2.40 bits per heavy atom. The van der Waals surface area contributed by atoms with Gasteiger partial charge in [-0.1, -0.05) is 6.08 Å². The van der Waals surface area contributed by atoms with Crippen molar-refractivity contribution in [1.29, 1.82) is 0 Å². The molecule has 3 rings (SSSR count). The van der Waals surface area contributed by atoms with Gasteiger partial charge >= 0.3 is 5.97 Å². The molecule has 0 amide bonds. The van der Waals surface area contributed by atoms with Crippen molar-refractivity contribution in [1.82, 2.24) is 0 Å². The molecule has 2 saturated heterocycles. The maximum atomic E-state index is 12.8. The number of methoxy groups -OCH3 is 1. The van der Waals surface area contributed by atoms with Gasteiger partial charge in [-0.25, -0.2) is 0 Å². The number of esters is 1. The van der Waals surface area contributed by atoms with E-state index in [0.29, 0.717) is 0 Å². The number of benzene rings is 1. The SMILES string of the molecule is C/C=C\O[C@H](COS(=O)(=O)c1ccc(OC(=O)C(C)(C)C)cc1)[C@H]1O[C@@H]2OC(C)(C)O[C@@H]2[C@H]1OC. The van der Waals surface area contributed by atoms with Gasteiger partial charge in [-0.15, -0.1) is 0 Å². The van der Waals surface area contributed by atoms with Crippen LogP contribution in [0.4, 0.5) is 0 Å². The number of carbonyl (C=O) groups excluding carboxylic acids is 1. The predicted octanol–water partition coefficient (Wildman–Crippen LogP) is 3.15. The molecule has 10 nitrogen and oxygen atoms in total. The zero-order valence-corrected chi connectivity index (χ0v) is 21.9. The van der Waals surface area contributed by atoms with Gasteiger partial charge in [0.15, 0.2) is 18.2 Å². The minimum Gasteiger partial charge on any atom is -0.493 e. The molecule has 11 heteroatoms. The Labute approximate surface area is 206 Å². The maximum absolute atomic E-state index is 12.8. The van der Waals surface area contributed by atoms with Gasteiger partial charge < -0.3 is 28.4 Å². The molecule has 0 N–H and O–H groups in total. The Morgan fingerprint density at radius 1 is 1.17 bits per heavy atom. The zero-order chi connectivity index (χ0) is 26.0. The van der Waals surface area contributed by atoms with Crippen LogP contribution >= 0.6 is 0 Å². The minimum absolute atomic E-state index is 0.0984. The molecule has 5 atom stereocenters. The molecule has 0 aliphatic carbocycles. The van der Waals surface area contributed by atoms with Crippen LogP contribution in [0.2, 0.25) is 0 Å². The lowest BCUT2D eigenvalue weighted by atomic mass is 9.97. The highest BCUT2D eigenvalue weighted by Crippen LogP contribution is 2.40. The Bertz CT molecular complexity index is 1010. The van der Waals surface area contributed by atoms with Crippen LogP contribution in [0.1, 0.15) is 41.5 Å². The second-order valence-corrected chi connectivity index (χ2v) is 11.4. The summed E-state index contributed by atoms with van der Waals surface area (Å²) < 4.78 is 65.2. The molecule has 0 unspecified atom stereocenters. The molecule has 35 heavy (non-hydrogen) atoms. The highest BCUT2D eigenvalue weighted by molar-refractivity contribution is 7.86. The van der Waals surface area contributed by atoms with Gasteiger partial charge in [0.25, 0.3) is 10.1 Å². The third-order valence-electron chi connectivity index (χ3n) is 5.38. The summed E-state index contributed by atoms with van der Waals surface area (Å²) in [5.41, 5.74) is -0.692. The summed E-state index contributed by atoms with van der Waals surface area (Å²) in [7, 11) is -2.64. The molecule has 1 aromatic carbocycles. The van der Waals surface area contributed by atoms with Crippen LogP contribution in [0, 0.1) is 5.41 Å². The van der Waals surface area contributed by atoms with Crippen LogP contribution in [0.5, 0.6) is 5.75 Å². The van der Waals surface area contributed by atoms with Crippen molar-refractivity contribution >= 4 is 16.1 Å². The molecule has 0 aromatic heterocycles. The molecular formula is C24H34O10S. The normalized spacial score (nSPS) is 27.1. The summed E-state index contributed by atoms with van der Waals surface area (Å²) >= 11 is 0. The predicted molar refractivity (Wildman–Crippen MR) is 124 cm³/mol. The lowest BCUT2D eigenvalue weighted by Gasteiger charge is -2.29. The Morgan fingerprint density at radius 2 is 1.83 bits per heavy atom. The van der Waals surface area contributed by atoms with E-state index >= 15 is 0 Å². The van der Waals surface area contributed by atoms with Gasteiger partial charge in [-0.2, -0.15) is 8.42 Å². The largest absolute Gasteiger partial charge is 0.493 e. The fourth-order valence-electron chi connectivity index (χ4n) is 3.62. The average Bonchev–Trinajstić information content (AvgIpc) is 3.24. The van der Waals surface area contributed by atoms with Crippen molar-refractivity contribution in [2.75, 3.05) is 13.7 Å². The summed E-state index contributed by atoms with van der Waals surface area (Å²) in [6.07, 6.45) is -0.217. The van der Waals surface area contributed by atoms with Gasteiger partial charge in [-0.3, -0.25) is 8.98 Å². The molecule has 2 fully saturated rings. The third kappa shape index (κ3) is 6.60. The van der Waals surface area contributed by atoms with Gasteiger partial charge in [0.2, 0.25) is 0 Å². The zero-order valence-electron chi connectivity index (χ0n) is 21.0. The molecule has 2 aliphatic rings. The lowest BCUT2D eigenvalue weighted by Crippen LogP contribution is -2.44. The number of hydrogen-bond donors (Lipinski definition) is 0. The summed E-state index contributed by atoms with van der Waals surface area (Å²) in [4.78, 5) is 11.9. The standard InChI is InChI=1S/C24H34O10S/c1-8-13-29-17(18-19(28-7)20-21(32-18)34-24(5,6)33-20)14-30-35(26,27)16-11-9-15(10-12-16)31-22(25)23(2,3)4/h8-13,17-21H,14H2,1-7H3/b13-8-/t17-,18-,19+,20-,21-/m1/s1. The Kier molecular flexibility index (Phi) is 8.30. The van der Waals surface area contributed by atoms with Gasteiger partial charge in [-0.05, 0) is 65.8 Å². The van der Waals surface area contributed by atoms with Gasteiger partial charge in [0.05, 0.1) is 16.6 Å². The van der Waals surface area contributed by atoms with E-state index in [1.54, 1.807) is 47.6 Å². The van der Waals surface area contributed by atoms with E-state index in [0.717, 1.165) is 0 Å². The van der Waals surface area contributed by atoms with Crippen LogP contribution in [-0.2, 0) is 42.8 Å². The Hall–Kier alpha value is -2.02. The first-order valence-corrected chi connectivity index (χ1v) is 12.7. The van der Waals surface area contributed by atoms with Gasteiger partial charge in [0.1, 0.15) is 30.7 Å². The first-order valence-electron chi connectivity index (χ1n) is 11.3. The van der Waals surface area contributed by atoms with E-state index in [2.05, 4.69) is 0 Å². The highest BCUT2D eigenvalue weighted by Gasteiger charge is 2.57. The topological polar surface area (TPSA) is 116 Å². The number of carbonyl (C=O) groups is 1. The molecule has 196 valence electrons. The van der Waals surface area contributed by atoms with E-state index in [-0.39, 0.29) is 17.3 Å². The fraction of sp³-hybridized carbons (Fsp3) is 0.625. The minimum atomic E-state index is -4.15. The summed E-state index contributed by atoms with van der Waals surface area (Å²) in [5.74, 6) is -1.03. The van der Waals surface area contributed by atoms with Crippen LogP contribution < -0.4 is 4.74 Å². The third-order valence-corrected chi connectivity index (χ3v) is 6.67. The maximum Gasteiger partial charge on any atom is 0.316 e. The number of rotatable bonds is 9. The average molecular weight is 515 g/mol. The van der Waals surface area contributed by atoms with Crippen molar-refractivity contribution in [3.05, 3.63) is 36.6 Å². The molecular weight excluding hydrogens is 480 g/mol. The number of hydrogen-bond acceptors (Lipinski definition) is 10. The number of fused-ring (bicyclic) bond motifs is 1. The second-order valence-electron chi connectivity index (χ2n) is 9.76. The van der Waals surface area contributed by atoms with Gasteiger partial charge in [0, 0.05) is 7.11 Å². The number of ether oxygens (including phenoxy) is 6. The van der Waals surface area contributed by atoms with Crippen molar-refractivity contribution in [2.45, 2.75) is 82.9 Å². The monoisotopic (exact) mass is 514 g/mol. The fourth-order valence-corrected chi connectivity index (χ4v) is 4.54. The molecule has 0 spiro atoms. The van der Waals surface area contributed by atoms with E-state index in [1.165, 1.54) is 37.6 Å². The van der Waals surface area contributed by atoms with Crippen molar-refractivity contribution in [3.63, 3.8) is 0 Å². The smallest absolute Gasteiger partial charge is 0.316 e. The quantitative estimate of drug-likeness (QED) is 0.211. The highest BCUT2D eigenvalue weighted by atomic mass is 32.2. The summed E-state index contributed by atoms with van der Waals surface area (Å²) in [5, 5.41) is 0. The van der Waals surface area contributed by atoms with E-state index in [4.69, 9.17) is 32.6 Å². The van der Waals surface area contributed by atoms with Crippen molar-refractivity contribution in [2.24, 2.45) is 5.41 Å². The molecule has 0 saturated carbocycles. The molecule has 0 radical (unpaired) electrons. The molecule has 1 aromatic rings. The lowest BCUT2D eigenvalue weighted by molar-refractivity contribution is -0.229. The molecule has 2 aliphatic heterocycles. The molecule has 0 bridgehead atoms. The summed E-state index contributed by atoms with van der Waals surface area (Å²) in [6.45, 7) is 10.1. The number of allylic oxidation sites excluding steroid dienone is 1. The van der Waals surface area contributed by atoms with E-state index < -0.39 is 58.0 Å². The molecule has 2 heterocycles. The van der Waals surface area contributed by atoms with Crippen LogP contribution in [-0.4, -0.2) is 64.6 Å². The first-order chi connectivity index (χ1) is 16.3. The summed E-state index contributed by atoms with van der Waals surface area (Å²) in [6, 6.07) is 5.40. The second kappa shape index (κ2) is 10.5. The first kappa shape index (κ1) is 27.6. The van der Waals surface area contributed by atoms with E-state index in [9.17, 15) is 13.2 Å². The Balaban J connectivity index is 1.69. The van der Waals surface area contributed by atoms with Crippen LogP contribution in [0.15, 0.2) is 41.5 Å². The van der Waals surface area contributed by atoms with Crippen LogP contribution in [0.3, 0.4) is 0 Å². The van der Waals surface area contributed by atoms with Crippen LogP contribution in [0.25, 0.3) is 0 Å². The van der Waals surface area contributed by atoms with Crippen molar-refractivity contribution in [3.8, 4) is 5.75 Å².